The van der Waals surface area contributed by atoms with Gasteiger partial charge in [0.05, 0.1) is 6.04 Å². The van der Waals surface area contributed by atoms with Crippen molar-refractivity contribution in [3.8, 4) is 0 Å². The van der Waals surface area contributed by atoms with E-state index in [2.05, 4.69) is 13.5 Å². The number of carbonyl (C=O) groups excluding carboxylic acids is 1. The third kappa shape index (κ3) is 4.59. The average molecular weight is 247 g/mol. The molecule has 1 heterocycles. The highest BCUT2D eigenvalue weighted by atomic mass is 16.1. The standard InChI is InChI=1S/C16H25NO/c1-4-7-13(12-15(18)9-6-3)16-11-10-14(17-16)8-5-2/h5-6,9,13-14H,2,4,7-8,10-12H2,1,3H3/b9-6+/t13?,14-/m1/s1. The van der Waals surface area contributed by atoms with Crippen LogP contribution in [-0.4, -0.2) is 17.5 Å². The number of hydrogen-bond donors (Lipinski definition) is 0. The van der Waals surface area contributed by atoms with Crippen LogP contribution in [0.3, 0.4) is 0 Å². The molecule has 0 bridgehead atoms. The Kier molecular flexibility index (Phi) is 6.63. The molecule has 2 atom stereocenters. The van der Waals surface area contributed by atoms with Gasteiger partial charge in [0.25, 0.3) is 0 Å². The van der Waals surface area contributed by atoms with Crippen LogP contribution in [0.1, 0.15) is 52.4 Å². The Morgan fingerprint density at radius 1 is 1.61 bits per heavy atom. The lowest BCUT2D eigenvalue weighted by Gasteiger charge is -2.14. The summed E-state index contributed by atoms with van der Waals surface area (Å²) in [5, 5.41) is 0. The van der Waals surface area contributed by atoms with E-state index in [0.29, 0.717) is 18.4 Å². The van der Waals surface area contributed by atoms with Gasteiger partial charge in [0, 0.05) is 18.1 Å². The molecule has 0 saturated carbocycles. The molecule has 2 nitrogen and oxygen atoms in total. The van der Waals surface area contributed by atoms with Crippen molar-refractivity contribution in [2.24, 2.45) is 10.9 Å². The Labute approximate surface area is 111 Å². The van der Waals surface area contributed by atoms with Gasteiger partial charge in [-0.1, -0.05) is 25.5 Å². The summed E-state index contributed by atoms with van der Waals surface area (Å²) in [5.74, 6) is 0.583. The molecule has 1 unspecified atom stereocenters. The summed E-state index contributed by atoms with van der Waals surface area (Å²) in [4.78, 5) is 16.5. The molecular formula is C16H25NO. The maximum Gasteiger partial charge on any atom is 0.156 e. The molecule has 0 aromatic carbocycles. The minimum Gasteiger partial charge on any atom is -0.295 e. The first-order valence-electron chi connectivity index (χ1n) is 7.04. The van der Waals surface area contributed by atoms with Gasteiger partial charge in [0.15, 0.2) is 5.78 Å². The summed E-state index contributed by atoms with van der Waals surface area (Å²) in [6, 6.07) is 0.411. The van der Waals surface area contributed by atoms with E-state index in [1.807, 2.05) is 19.1 Å². The van der Waals surface area contributed by atoms with Crippen molar-refractivity contribution in [3.63, 3.8) is 0 Å². The van der Waals surface area contributed by atoms with Gasteiger partial charge >= 0.3 is 0 Å². The molecule has 0 spiro atoms. The fourth-order valence-corrected chi connectivity index (χ4v) is 2.58. The number of ketones is 1. The fourth-order valence-electron chi connectivity index (χ4n) is 2.58. The van der Waals surface area contributed by atoms with Gasteiger partial charge in [-0.3, -0.25) is 9.79 Å². The van der Waals surface area contributed by atoms with Crippen LogP contribution in [0, 0.1) is 5.92 Å². The second kappa shape index (κ2) is 8.02. The van der Waals surface area contributed by atoms with Gasteiger partial charge in [-0.2, -0.15) is 0 Å². The summed E-state index contributed by atoms with van der Waals surface area (Å²) in [7, 11) is 0. The zero-order valence-electron chi connectivity index (χ0n) is 11.7. The third-order valence-corrected chi connectivity index (χ3v) is 3.43. The van der Waals surface area contributed by atoms with E-state index >= 15 is 0 Å². The predicted molar refractivity (Wildman–Crippen MR) is 78.1 cm³/mol. The highest BCUT2D eigenvalue weighted by molar-refractivity contribution is 5.96. The first-order valence-corrected chi connectivity index (χ1v) is 7.04. The molecule has 1 aliphatic rings. The Balaban J connectivity index is 2.64. The van der Waals surface area contributed by atoms with E-state index < -0.39 is 0 Å². The van der Waals surface area contributed by atoms with E-state index in [1.165, 1.54) is 5.71 Å². The molecule has 0 aliphatic carbocycles. The lowest BCUT2D eigenvalue weighted by Crippen LogP contribution is -2.16. The summed E-state index contributed by atoms with van der Waals surface area (Å²) in [5.41, 5.74) is 1.27. The minimum atomic E-state index is 0.228. The highest BCUT2D eigenvalue weighted by Gasteiger charge is 2.24. The summed E-state index contributed by atoms with van der Waals surface area (Å²) in [6.07, 6.45) is 11.4. The molecule has 0 amide bonds. The second-order valence-electron chi connectivity index (χ2n) is 4.99. The number of carbonyl (C=O) groups is 1. The van der Waals surface area contributed by atoms with Crippen LogP contribution >= 0.6 is 0 Å². The molecule has 1 rings (SSSR count). The van der Waals surface area contributed by atoms with Gasteiger partial charge in [-0.05, 0) is 38.7 Å². The Hall–Kier alpha value is -1.18. The number of aliphatic imine (C=N–C) groups is 1. The summed E-state index contributed by atoms with van der Waals surface area (Å²) < 4.78 is 0. The maximum absolute atomic E-state index is 11.7. The first-order chi connectivity index (χ1) is 8.71. The first kappa shape index (κ1) is 14.9. The van der Waals surface area contributed by atoms with Gasteiger partial charge in [-0.15, -0.1) is 6.58 Å². The van der Waals surface area contributed by atoms with E-state index in [-0.39, 0.29) is 5.78 Å². The van der Waals surface area contributed by atoms with E-state index in [1.54, 1.807) is 6.08 Å². The Bertz CT molecular complexity index is 341. The minimum absolute atomic E-state index is 0.228. The van der Waals surface area contributed by atoms with E-state index in [0.717, 1.165) is 32.1 Å². The SMILES string of the molecule is C=CC[C@@H]1CCC(C(CCC)CC(=O)/C=C/C)=N1. The topological polar surface area (TPSA) is 29.4 Å². The van der Waals surface area contributed by atoms with Gasteiger partial charge in [0.2, 0.25) is 0 Å². The molecule has 1 aliphatic heterocycles. The lowest BCUT2D eigenvalue weighted by atomic mass is 9.90. The molecule has 0 aromatic heterocycles. The summed E-state index contributed by atoms with van der Waals surface area (Å²) >= 11 is 0. The molecule has 0 radical (unpaired) electrons. The zero-order chi connectivity index (χ0) is 13.4. The van der Waals surface area contributed by atoms with Crippen molar-refractivity contribution in [3.05, 3.63) is 24.8 Å². The van der Waals surface area contributed by atoms with Crippen molar-refractivity contribution in [2.45, 2.75) is 58.4 Å². The van der Waals surface area contributed by atoms with Crippen molar-refractivity contribution in [2.75, 3.05) is 0 Å². The summed E-state index contributed by atoms with van der Waals surface area (Å²) in [6.45, 7) is 7.83. The molecular weight excluding hydrogens is 222 g/mol. The van der Waals surface area contributed by atoms with Crippen molar-refractivity contribution < 1.29 is 4.79 Å². The van der Waals surface area contributed by atoms with Crippen LogP contribution < -0.4 is 0 Å². The molecule has 0 aromatic rings. The average Bonchev–Trinajstić information content (AvgIpc) is 2.78. The number of allylic oxidation sites excluding steroid dienone is 2. The normalized spacial score (nSPS) is 21.0. The predicted octanol–water partition coefficient (Wildman–Crippen LogP) is 4.12. The highest BCUT2D eigenvalue weighted by Crippen LogP contribution is 2.25. The molecule has 2 heteroatoms. The Morgan fingerprint density at radius 3 is 3.00 bits per heavy atom. The lowest BCUT2D eigenvalue weighted by molar-refractivity contribution is -0.115. The smallest absolute Gasteiger partial charge is 0.156 e. The number of rotatable bonds is 8. The monoisotopic (exact) mass is 247 g/mol. The van der Waals surface area contributed by atoms with Gasteiger partial charge in [-0.25, -0.2) is 0 Å². The van der Waals surface area contributed by atoms with Crippen LogP contribution in [0.25, 0.3) is 0 Å². The van der Waals surface area contributed by atoms with E-state index in [9.17, 15) is 4.79 Å². The van der Waals surface area contributed by atoms with Crippen LogP contribution in [0.2, 0.25) is 0 Å². The van der Waals surface area contributed by atoms with Gasteiger partial charge in [0.1, 0.15) is 0 Å². The Morgan fingerprint density at radius 2 is 2.39 bits per heavy atom. The van der Waals surface area contributed by atoms with Crippen LogP contribution in [0.4, 0.5) is 0 Å². The largest absolute Gasteiger partial charge is 0.295 e. The number of hydrogen-bond acceptors (Lipinski definition) is 2. The third-order valence-electron chi connectivity index (χ3n) is 3.43. The molecule has 0 saturated heterocycles. The van der Waals surface area contributed by atoms with Gasteiger partial charge < -0.3 is 0 Å². The maximum atomic E-state index is 11.7. The van der Waals surface area contributed by atoms with Crippen molar-refractivity contribution in [1.29, 1.82) is 0 Å². The van der Waals surface area contributed by atoms with Crippen LogP contribution in [-0.2, 0) is 4.79 Å². The van der Waals surface area contributed by atoms with Crippen LogP contribution in [0.15, 0.2) is 29.8 Å². The molecule has 100 valence electrons. The molecule has 18 heavy (non-hydrogen) atoms. The zero-order valence-corrected chi connectivity index (χ0v) is 11.7. The fraction of sp³-hybridized carbons (Fsp3) is 0.625. The van der Waals surface area contributed by atoms with Crippen molar-refractivity contribution >= 4 is 11.5 Å². The quantitative estimate of drug-likeness (QED) is 0.468. The van der Waals surface area contributed by atoms with E-state index in [4.69, 9.17) is 4.99 Å². The number of nitrogens with zero attached hydrogens (tertiary/aromatic N) is 1. The van der Waals surface area contributed by atoms with Crippen molar-refractivity contribution in [1.82, 2.24) is 0 Å². The molecule has 0 fully saturated rings. The second-order valence-corrected chi connectivity index (χ2v) is 4.99. The molecule has 0 N–H and O–H groups in total. The van der Waals surface area contributed by atoms with Crippen LogP contribution in [0.5, 0.6) is 0 Å².